The van der Waals surface area contributed by atoms with Gasteiger partial charge >= 0.3 is 0 Å². The fourth-order valence-electron chi connectivity index (χ4n) is 2.58. The third-order valence-electron chi connectivity index (χ3n) is 3.95. The molecule has 1 aliphatic rings. The van der Waals surface area contributed by atoms with Crippen LogP contribution in [0.3, 0.4) is 0 Å². The number of benzene rings is 1. The maximum absolute atomic E-state index is 12.4. The summed E-state index contributed by atoms with van der Waals surface area (Å²) in [6, 6.07) is 7.05. The number of nitrogens with zero attached hydrogens (tertiary/aromatic N) is 1. The minimum atomic E-state index is -0.218. The predicted octanol–water partition coefficient (Wildman–Crippen LogP) is 1.50. The molecule has 0 atom stereocenters. The number of piperidine rings is 1. The van der Waals surface area contributed by atoms with Crippen molar-refractivity contribution in [1.29, 1.82) is 0 Å². The van der Waals surface area contributed by atoms with E-state index in [-0.39, 0.29) is 42.5 Å². The highest BCUT2D eigenvalue weighted by molar-refractivity contribution is 6.04. The highest BCUT2D eigenvalue weighted by Crippen LogP contribution is 2.20. The molecule has 1 fully saturated rings. The molecule has 4 N–H and O–H groups in total. The Balaban J connectivity index is 0.00000264. The van der Waals surface area contributed by atoms with E-state index in [2.05, 4.69) is 22.6 Å². The van der Waals surface area contributed by atoms with Gasteiger partial charge in [0.2, 0.25) is 5.91 Å². The molecule has 0 bridgehead atoms. The van der Waals surface area contributed by atoms with Crippen molar-refractivity contribution in [1.82, 2.24) is 10.2 Å². The number of anilines is 1. The van der Waals surface area contributed by atoms with Crippen molar-refractivity contribution in [3.8, 4) is 0 Å². The van der Waals surface area contributed by atoms with Crippen molar-refractivity contribution in [2.75, 3.05) is 38.5 Å². The highest BCUT2D eigenvalue weighted by atomic mass is 35.5. The summed E-state index contributed by atoms with van der Waals surface area (Å²) in [6.45, 7) is 2.65. The first kappa shape index (κ1) is 22.7. The molecule has 2 amide bonds. The maximum atomic E-state index is 12.4. The van der Waals surface area contributed by atoms with Crippen LogP contribution in [0.2, 0.25) is 0 Å². The van der Waals surface area contributed by atoms with Gasteiger partial charge in [-0.25, -0.2) is 0 Å². The number of amides is 2. The first-order chi connectivity index (χ1) is 10.6. The fraction of sp³-hybridized carbons (Fsp3) is 0.500. The van der Waals surface area contributed by atoms with Crippen molar-refractivity contribution in [2.45, 2.75) is 12.8 Å². The quantitative estimate of drug-likeness (QED) is 0.726. The van der Waals surface area contributed by atoms with Gasteiger partial charge in [-0.1, -0.05) is 12.1 Å². The van der Waals surface area contributed by atoms with Crippen LogP contribution in [-0.4, -0.2) is 49.9 Å². The summed E-state index contributed by atoms with van der Waals surface area (Å²) in [7, 11) is 2.06. The average Bonchev–Trinajstić information content (AvgIpc) is 2.53. The van der Waals surface area contributed by atoms with Crippen molar-refractivity contribution >= 4 is 42.3 Å². The van der Waals surface area contributed by atoms with E-state index >= 15 is 0 Å². The van der Waals surface area contributed by atoms with Crippen LogP contribution in [0.1, 0.15) is 23.2 Å². The number of nitrogens with two attached hydrogens (primary N) is 1. The topological polar surface area (TPSA) is 87.5 Å². The molecular formula is C16H26Cl2N4O2. The summed E-state index contributed by atoms with van der Waals surface area (Å²) in [6.07, 6.45) is 1.70. The molecule has 8 heteroatoms. The van der Waals surface area contributed by atoms with E-state index in [1.165, 1.54) is 0 Å². The molecule has 24 heavy (non-hydrogen) atoms. The molecule has 1 aromatic rings. The van der Waals surface area contributed by atoms with Crippen molar-refractivity contribution < 1.29 is 9.59 Å². The monoisotopic (exact) mass is 376 g/mol. The third kappa shape index (κ3) is 6.28. The van der Waals surface area contributed by atoms with Crippen LogP contribution in [0.15, 0.2) is 24.3 Å². The summed E-state index contributed by atoms with van der Waals surface area (Å²) < 4.78 is 0. The molecule has 0 unspecified atom stereocenters. The zero-order chi connectivity index (χ0) is 15.9. The Hall–Kier alpha value is -1.34. The zero-order valence-corrected chi connectivity index (χ0v) is 15.4. The second-order valence-electron chi connectivity index (χ2n) is 5.66. The van der Waals surface area contributed by atoms with Gasteiger partial charge in [0, 0.05) is 19.0 Å². The van der Waals surface area contributed by atoms with Gasteiger partial charge < -0.3 is 21.3 Å². The average molecular weight is 377 g/mol. The lowest BCUT2D eigenvalue weighted by Gasteiger charge is -2.28. The molecule has 0 radical (unpaired) electrons. The minimum absolute atomic E-state index is 0. The first-order valence-corrected chi connectivity index (χ1v) is 7.68. The first-order valence-electron chi connectivity index (χ1n) is 7.68. The van der Waals surface area contributed by atoms with Crippen molar-refractivity contribution in [3.63, 3.8) is 0 Å². The zero-order valence-electron chi connectivity index (χ0n) is 13.8. The van der Waals surface area contributed by atoms with Gasteiger partial charge in [0.15, 0.2) is 0 Å². The molecule has 2 rings (SSSR count). The van der Waals surface area contributed by atoms with Crippen molar-refractivity contribution in [3.05, 3.63) is 29.8 Å². The van der Waals surface area contributed by atoms with E-state index in [9.17, 15) is 9.59 Å². The number of hydrogen-bond acceptors (Lipinski definition) is 4. The van der Waals surface area contributed by atoms with E-state index in [1.807, 2.05) is 6.07 Å². The smallest absolute Gasteiger partial charge is 0.253 e. The molecule has 0 aromatic heterocycles. The van der Waals surface area contributed by atoms with E-state index < -0.39 is 0 Å². The number of rotatable bonds is 5. The molecule has 0 saturated carbocycles. The van der Waals surface area contributed by atoms with E-state index in [0.29, 0.717) is 24.3 Å². The van der Waals surface area contributed by atoms with Gasteiger partial charge in [0.1, 0.15) is 0 Å². The van der Waals surface area contributed by atoms with E-state index in [1.54, 1.807) is 18.2 Å². The summed E-state index contributed by atoms with van der Waals surface area (Å²) in [5.74, 6) is -0.215. The predicted molar refractivity (Wildman–Crippen MR) is 101 cm³/mol. The van der Waals surface area contributed by atoms with Crippen LogP contribution in [0.25, 0.3) is 0 Å². The van der Waals surface area contributed by atoms with Gasteiger partial charge in [0.05, 0.1) is 11.3 Å². The standard InChI is InChI=1S/C16H24N4O2.2ClH/c1-20-10-6-12(7-11-20)15(21)19-14-5-3-2-4-13(14)16(22)18-9-8-17;;/h2-5,12H,6-11,17H2,1H3,(H,18,22)(H,19,21);2*1H. The molecule has 0 spiro atoms. The minimum Gasteiger partial charge on any atom is -0.351 e. The van der Waals surface area contributed by atoms with Gasteiger partial charge in [-0.3, -0.25) is 9.59 Å². The van der Waals surface area contributed by atoms with Crippen LogP contribution in [0.4, 0.5) is 5.69 Å². The number of hydrogen-bond donors (Lipinski definition) is 3. The van der Waals surface area contributed by atoms with Gasteiger partial charge in [-0.2, -0.15) is 0 Å². The molecule has 136 valence electrons. The van der Waals surface area contributed by atoms with E-state index in [4.69, 9.17) is 5.73 Å². The highest BCUT2D eigenvalue weighted by Gasteiger charge is 2.24. The van der Waals surface area contributed by atoms with Crippen LogP contribution >= 0.6 is 24.8 Å². The number of carbonyl (C=O) groups excluding carboxylic acids is 2. The fourth-order valence-corrected chi connectivity index (χ4v) is 2.58. The lowest BCUT2D eigenvalue weighted by Crippen LogP contribution is -2.36. The molecular weight excluding hydrogens is 351 g/mol. The molecule has 0 aliphatic carbocycles. The number of para-hydroxylation sites is 1. The Labute approximate surface area is 155 Å². The van der Waals surface area contributed by atoms with Gasteiger partial charge in [0.25, 0.3) is 5.91 Å². The van der Waals surface area contributed by atoms with Crippen LogP contribution in [0.5, 0.6) is 0 Å². The lowest BCUT2D eigenvalue weighted by molar-refractivity contribution is -0.121. The normalized spacial score (nSPS) is 14.9. The number of nitrogens with one attached hydrogen (secondary N) is 2. The number of likely N-dealkylation sites (tertiary alicyclic amines) is 1. The Morgan fingerprint density at radius 2 is 1.83 bits per heavy atom. The van der Waals surface area contributed by atoms with Gasteiger partial charge in [-0.05, 0) is 45.1 Å². The molecule has 6 nitrogen and oxygen atoms in total. The Kier molecular flexibility index (Phi) is 10.6. The summed E-state index contributed by atoms with van der Waals surface area (Å²) >= 11 is 0. The summed E-state index contributed by atoms with van der Waals surface area (Å²) in [4.78, 5) is 26.7. The Morgan fingerprint density at radius 3 is 2.46 bits per heavy atom. The Morgan fingerprint density at radius 1 is 1.21 bits per heavy atom. The molecule has 1 aliphatic heterocycles. The van der Waals surface area contributed by atoms with Crippen LogP contribution in [-0.2, 0) is 4.79 Å². The Bertz CT molecular complexity index is 535. The molecule has 1 heterocycles. The summed E-state index contributed by atoms with van der Waals surface area (Å²) in [5, 5.41) is 5.63. The number of carbonyl (C=O) groups is 2. The van der Waals surface area contributed by atoms with Crippen LogP contribution < -0.4 is 16.4 Å². The molecule has 1 aromatic carbocycles. The summed E-state index contributed by atoms with van der Waals surface area (Å²) in [5.41, 5.74) is 6.42. The second-order valence-corrected chi connectivity index (χ2v) is 5.66. The lowest BCUT2D eigenvalue weighted by atomic mass is 9.96. The van der Waals surface area contributed by atoms with Crippen LogP contribution in [0, 0.1) is 5.92 Å². The van der Waals surface area contributed by atoms with Gasteiger partial charge in [-0.15, -0.1) is 24.8 Å². The third-order valence-corrected chi connectivity index (χ3v) is 3.95. The maximum Gasteiger partial charge on any atom is 0.253 e. The second kappa shape index (κ2) is 11.3. The van der Waals surface area contributed by atoms with Crippen molar-refractivity contribution in [2.24, 2.45) is 11.7 Å². The largest absolute Gasteiger partial charge is 0.351 e. The SMILES string of the molecule is CN1CCC(C(=O)Nc2ccccc2C(=O)NCCN)CC1.Cl.Cl. The molecule has 1 saturated heterocycles. The van der Waals surface area contributed by atoms with E-state index in [0.717, 1.165) is 25.9 Å². The number of halogens is 2.